The van der Waals surface area contributed by atoms with E-state index in [0.29, 0.717) is 36.1 Å². The van der Waals surface area contributed by atoms with E-state index in [0.717, 1.165) is 21.7 Å². The van der Waals surface area contributed by atoms with Gasteiger partial charge in [-0.1, -0.05) is 24.3 Å². The minimum atomic E-state index is -3.68. The highest BCUT2D eigenvalue weighted by atomic mass is 32.2. The minimum Gasteiger partial charge on any atom is -0.395 e. The topological polar surface area (TPSA) is 68.7 Å². The van der Waals surface area contributed by atoms with Crippen LogP contribution in [0.2, 0.25) is 0 Å². The van der Waals surface area contributed by atoms with Gasteiger partial charge in [-0.3, -0.25) is 9.78 Å². The molecule has 1 N–H and O–H groups in total. The molecular formula is C24H19F2NO4S. The molecule has 2 aromatic carbocycles. The maximum absolute atomic E-state index is 13.3. The second-order valence-electron chi connectivity index (χ2n) is 8.09. The Balaban J connectivity index is 1.38. The third-order valence-corrected chi connectivity index (χ3v) is 6.45. The lowest BCUT2D eigenvalue weighted by Gasteiger charge is -2.15. The molecule has 0 bridgehead atoms. The number of halogens is 2. The number of Topliss-reactive ketones (excluding diaryl/α,β-unsaturated/α-hetero) is 1. The standard InChI is InChI=1S/C24H19F2NO4S/c1-14-2-6-17(27-22(14)15-3-7-18(32-29)8-4-15)13-21(28)23(10-11-23)16-5-9-19-20(12-16)31-24(25,26)30-19/h2-9,12,29H,10-11,13H2,1H3. The first-order valence-corrected chi connectivity index (χ1v) is 10.9. The first-order chi connectivity index (χ1) is 15.3. The van der Waals surface area contributed by atoms with Gasteiger partial charge >= 0.3 is 6.29 Å². The van der Waals surface area contributed by atoms with Gasteiger partial charge in [0.25, 0.3) is 0 Å². The normalized spacial score (nSPS) is 17.2. The van der Waals surface area contributed by atoms with Gasteiger partial charge < -0.3 is 14.0 Å². The number of alkyl halides is 2. The minimum absolute atomic E-state index is 0.00235. The van der Waals surface area contributed by atoms with Crippen LogP contribution in [0.5, 0.6) is 11.5 Å². The average Bonchev–Trinajstić information content (AvgIpc) is 3.52. The molecule has 2 heterocycles. The van der Waals surface area contributed by atoms with Crippen LogP contribution in [-0.2, 0) is 16.6 Å². The van der Waals surface area contributed by atoms with Crippen LogP contribution in [0.25, 0.3) is 11.3 Å². The molecule has 32 heavy (non-hydrogen) atoms. The summed E-state index contributed by atoms with van der Waals surface area (Å²) in [5, 5.41) is 0. The lowest BCUT2D eigenvalue weighted by molar-refractivity contribution is -0.286. The molecule has 0 atom stereocenters. The fraction of sp³-hybridized carbons (Fsp3) is 0.250. The highest BCUT2D eigenvalue weighted by Crippen LogP contribution is 2.52. The van der Waals surface area contributed by atoms with Gasteiger partial charge in [-0.15, -0.1) is 8.78 Å². The molecule has 1 aliphatic carbocycles. The van der Waals surface area contributed by atoms with Crippen LogP contribution in [0.15, 0.2) is 59.5 Å². The number of ether oxygens (including phenoxy) is 2. The number of aryl methyl sites for hydroxylation is 1. The van der Waals surface area contributed by atoms with Gasteiger partial charge in [-0.2, -0.15) is 0 Å². The summed E-state index contributed by atoms with van der Waals surface area (Å²) in [6, 6.07) is 15.7. The molecule has 0 spiro atoms. The van der Waals surface area contributed by atoms with E-state index in [1.807, 2.05) is 31.2 Å². The molecule has 0 amide bonds. The van der Waals surface area contributed by atoms with Crippen molar-refractivity contribution in [3.8, 4) is 22.8 Å². The molecular weight excluding hydrogens is 436 g/mol. The summed E-state index contributed by atoms with van der Waals surface area (Å²) in [5.74, 6) is -0.0817. The Bertz CT molecular complexity index is 1210. The van der Waals surface area contributed by atoms with E-state index >= 15 is 0 Å². The monoisotopic (exact) mass is 455 g/mol. The van der Waals surface area contributed by atoms with Crippen LogP contribution in [0.1, 0.15) is 29.7 Å². The Morgan fingerprint density at radius 3 is 2.47 bits per heavy atom. The Morgan fingerprint density at radius 2 is 1.78 bits per heavy atom. The molecule has 1 aromatic heterocycles. The number of pyridine rings is 1. The quantitative estimate of drug-likeness (QED) is 0.475. The van der Waals surface area contributed by atoms with Gasteiger partial charge in [0.15, 0.2) is 11.5 Å². The van der Waals surface area contributed by atoms with Crippen molar-refractivity contribution in [3.63, 3.8) is 0 Å². The SMILES string of the molecule is Cc1ccc(CC(=O)C2(c3ccc4c(c3)OC(F)(F)O4)CC2)nc1-c1ccc(SO)cc1. The molecule has 0 unspecified atom stereocenters. The van der Waals surface area contributed by atoms with E-state index in [1.54, 1.807) is 18.2 Å². The summed E-state index contributed by atoms with van der Waals surface area (Å²) in [7, 11) is 0. The van der Waals surface area contributed by atoms with Gasteiger partial charge in [0.05, 0.1) is 11.1 Å². The molecule has 1 fully saturated rings. The summed E-state index contributed by atoms with van der Waals surface area (Å²) in [6.07, 6.45) is -2.23. The van der Waals surface area contributed by atoms with Gasteiger partial charge in [-0.25, -0.2) is 0 Å². The number of rotatable bonds is 6. The molecule has 0 radical (unpaired) electrons. The van der Waals surface area contributed by atoms with E-state index in [1.165, 1.54) is 12.1 Å². The van der Waals surface area contributed by atoms with E-state index in [2.05, 4.69) is 9.47 Å². The molecule has 5 nitrogen and oxygen atoms in total. The second-order valence-corrected chi connectivity index (χ2v) is 8.75. The van der Waals surface area contributed by atoms with Crippen molar-refractivity contribution in [2.24, 2.45) is 0 Å². The zero-order valence-corrected chi connectivity index (χ0v) is 17.9. The molecule has 2 aliphatic rings. The van der Waals surface area contributed by atoms with Gasteiger partial charge in [-0.05, 0) is 61.2 Å². The van der Waals surface area contributed by atoms with Crippen LogP contribution in [0, 0.1) is 6.92 Å². The average molecular weight is 455 g/mol. The molecule has 3 aromatic rings. The highest BCUT2D eigenvalue weighted by molar-refractivity contribution is 7.93. The number of carbonyl (C=O) groups excluding carboxylic acids is 1. The van der Waals surface area contributed by atoms with Gasteiger partial charge in [0, 0.05) is 34.6 Å². The second kappa shape index (κ2) is 7.56. The van der Waals surface area contributed by atoms with E-state index in [9.17, 15) is 13.6 Å². The molecule has 1 aliphatic heterocycles. The number of benzene rings is 2. The largest absolute Gasteiger partial charge is 0.586 e. The van der Waals surface area contributed by atoms with Crippen LogP contribution in [0.4, 0.5) is 8.78 Å². The molecule has 164 valence electrons. The third-order valence-electron chi connectivity index (χ3n) is 5.97. The van der Waals surface area contributed by atoms with Crippen molar-refractivity contribution in [1.29, 1.82) is 0 Å². The third kappa shape index (κ3) is 3.73. The number of fused-ring (bicyclic) bond motifs is 1. The zero-order chi connectivity index (χ0) is 22.5. The number of nitrogens with zero attached hydrogens (tertiary/aromatic N) is 1. The van der Waals surface area contributed by atoms with Crippen molar-refractivity contribution >= 4 is 17.8 Å². The number of aromatic nitrogens is 1. The zero-order valence-electron chi connectivity index (χ0n) is 17.1. The predicted molar refractivity (Wildman–Crippen MR) is 115 cm³/mol. The molecule has 8 heteroatoms. The summed E-state index contributed by atoms with van der Waals surface area (Å²) in [4.78, 5) is 18.7. The van der Waals surface area contributed by atoms with Crippen LogP contribution >= 0.6 is 12.0 Å². The fourth-order valence-corrected chi connectivity index (χ4v) is 4.33. The van der Waals surface area contributed by atoms with Gasteiger partial charge in [0.2, 0.25) is 0 Å². The first-order valence-electron chi connectivity index (χ1n) is 10.1. The number of hydrogen-bond acceptors (Lipinski definition) is 6. The summed E-state index contributed by atoms with van der Waals surface area (Å²) in [6.45, 7) is 1.95. The summed E-state index contributed by atoms with van der Waals surface area (Å²) in [5.41, 5.74) is 3.25. The van der Waals surface area contributed by atoms with E-state index in [-0.39, 0.29) is 23.7 Å². The highest BCUT2D eigenvalue weighted by Gasteiger charge is 2.52. The Morgan fingerprint density at radius 1 is 1.06 bits per heavy atom. The van der Waals surface area contributed by atoms with Crippen molar-refractivity contribution in [1.82, 2.24) is 4.98 Å². The van der Waals surface area contributed by atoms with Crippen LogP contribution < -0.4 is 9.47 Å². The van der Waals surface area contributed by atoms with Crippen LogP contribution in [0.3, 0.4) is 0 Å². The van der Waals surface area contributed by atoms with Crippen LogP contribution in [-0.4, -0.2) is 21.6 Å². The van der Waals surface area contributed by atoms with E-state index in [4.69, 9.17) is 9.54 Å². The smallest absolute Gasteiger partial charge is 0.395 e. The van der Waals surface area contributed by atoms with Crippen molar-refractivity contribution in [2.45, 2.75) is 42.8 Å². The van der Waals surface area contributed by atoms with Crippen molar-refractivity contribution in [2.75, 3.05) is 0 Å². The maximum Gasteiger partial charge on any atom is 0.586 e. The number of hydrogen-bond donors (Lipinski definition) is 1. The van der Waals surface area contributed by atoms with Gasteiger partial charge in [0.1, 0.15) is 5.78 Å². The molecule has 5 rings (SSSR count). The first kappa shape index (κ1) is 20.9. The fourth-order valence-electron chi connectivity index (χ4n) is 4.07. The molecule has 1 saturated carbocycles. The Kier molecular flexibility index (Phi) is 4.94. The maximum atomic E-state index is 13.3. The Labute approximate surface area is 187 Å². The lowest BCUT2D eigenvalue weighted by atomic mass is 9.88. The molecule has 0 saturated heterocycles. The Hall–Kier alpha value is -2.97. The predicted octanol–water partition coefficient (Wildman–Crippen LogP) is 5.79. The van der Waals surface area contributed by atoms with Crippen molar-refractivity contribution in [3.05, 3.63) is 71.4 Å². The number of carbonyl (C=O) groups is 1. The summed E-state index contributed by atoms with van der Waals surface area (Å²) < 4.78 is 44.9. The van der Waals surface area contributed by atoms with Crippen molar-refractivity contribution < 1.29 is 27.6 Å². The van der Waals surface area contributed by atoms with E-state index < -0.39 is 11.7 Å². The summed E-state index contributed by atoms with van der Waals surface area (Å²) >= 11 is 0.680. The lowest BCUT2D eigenvalue weighted by Crippen LogP contribution is -2.26. The number of ketones is 1.